The second-order valence-electron chi connectivity index (χ2n) is 6.16. The minimum Gasteiger partial charge on any atom is -0.493 e. The maximum absolute atomic E-state index is 12.5. The van der Waals surface area contributed by atoms with Gasteiger partial charge in [0.2, 0.25) is 5.91 Å². The molecule has 7 nitrogen and oxygen atoms in total. The number of nitrogens with one attached hydrogen (secondary N) is 1. The van der Waals surface area contributed by atoms with Gasteiger partial charge in [0.15, 0.2) is 17.3 Å². The Morgan fingerprint density at radius 3 is 2.64 bits per heavy atom. The summed E-state index contributed by atoms with van der Waals surface area (Å²) in [4.78, 5) is 26.1. The molecule has 1 aromatic carbocycles. The number of benzene rings is 1. The zero-order valence-corrected chi connectivity index (χ0v) is 16.7. The highest BCUT2D eigenvalue weighted by molar-refractivity contribution is 5.91. The Bertz CT molecular complexity index is 758. The lowest BCUT2D eigenvalue weighted by Gasteiger charge is -2.22. The first-order chi connectivity index (χ1) is 13.6. The van der Waals surface area contributed by atoms with Gasteiger partial charge in [-0.15, -0.1) is 0 Å². The largest absolute Gasteiger partial charge is 0.493 e. The lowest BCUT2D eigenvalue weighted by molar-refractivity contribution is -0.131. The molecular formula is C21H28N2O5. The van der Waals surface area contributed by atoms with Crippen molar-refractivity contribution < 1.29 is 23.5 Å². The van der Waals surface area contributed by atoms with Crippen LogP contribution in [0.15, 0.2) is 41.0 Å². The SMILES string of the molecule is CCOc1ccc(CN(CC)C(=O)CCCNC(=O)c2ccco2)cc1OC. The molecule has 1 aromatic heterocycles. The first-order valence-electron chi connectivity index (χ1n) is 9.48. The molecule has 152 valence electrons. The fourth-order valence-electron chi connectivity index (χ4n) is 2.78. The first-order valence-corrected chi connectivity index (χ1v) is 9.48. The van der Waals surface area contributed by atoms with Gasteiger partial charge in [-0.1, -0.05) is 6.07 Å². The summed E-state index contributed by atoms with van der Waals surface area (Å²) in [5, 5.41) is 2.75. The van der Waals surface area contributed by atoms with E-state index in [1.54, 1.807) is 24.1 Å². The van der Waals surface area contributed by atoms with Crippen LogP contribution in [0.25, 0.3) is 0 Å². The van der Waals surface area contributed by atoms with Crippen LogP contribution in [0.5, 0.6) is 11.5 Å². The number of carbonyl (C=O) groups is 2. The van der Waals surface area contributed by atoms with Crippen LogP contribution in [0.3, 0.4) is 0 Å². The highest BCUT2D eigenvalue weighted by atomic mass is 16.5. The van der Waals surface area contributed by atoms with Crippen LogP contribution >= 0.6 is 0 Å². The lowest BCUT2D eigenvalue weighted by atomic mass is 10.1. The highest BCUT2D eigenvalue weighted by Gasteiger charge is 2.14. The van der Waals surface area contributed by atoms with Crippen molar-refractivity contribution in [3.8, 4) is 11.5 Å². The Balaban J connectivity index is 1.83. The first kappa shape index (κ1) is 21.3. The molecule has 0 spiro atoms. The van der Waals surface area contributed by atoms with Crippen LogP contribution < -0.4 is 14.8 Å². The summed E-state index contributed by atoms with van der Waals surface area (Å²) in [6.45, 7) is 5.94. The van der Waals surface area contributed by atoms with Crippen molar-refractivity contribution in [2.75, 3.05) is 26.8 Å². The fraction of sp³-hybridized carbons (Fsp3) is 0.429. The quantitative estimate of drug-likeness (QED) is 0.598. The number of carbonyl (C=O) groups excluding carboxylic acids is 2. The molecule has 0 atom stereocenters. The molecule has 2 amide bonds. The van der Waals surface area contributed by atoms with E-state index >= 15 is 0 Å². The standard InChI is InChI=1S/C21H28N2O5/c1-4-23(15-16-10-11-17(27-5-2)19(14-16)26-3)20(24)9-6-12-22-21(25)18-8-7-13-28-18/h7-8,10-11,13-14H,4-6,9,12,15H2,1-3H3,(H,22,25). The van der Waals surface area contributed by atoms with Crippen molar-refractivity contribution >= 4 is 11.8 Å². The maximum Gasteiger partial charge on any atom is 0.286 e. The summed E-state index contributed by atoms with van der Waals surface area (Å²) in [7, 11) is 1.60. The number of amides is 2. The minimum absolute atomic E-state index is 0.0441. The van der Waals surface area contributed by atoms with E-state index in [0.717, 1.165) is 5.56 Å². The molecule has 0 aliphatic carbocycles. The van der Waals surface area contributed by atoms with E-state index in [9.17, 15) is 9.59 Å². The molecule has 0 fully saturated rings. The molecule has 0 bridgehead atoms. The van der Waals surface area contributed by atoms with Crippen molar-refractivity contribution in [3.05, 3.63) is 47.9 Å². The molecule has 1 heterocycles. The van der Waals surface area contributed by atoms with E-state index in [-0.39, 0.29) is 17.6 Å². The smallest absolute Gasteiger partial charge is 0.286 e. The Kier molecular flexibility index (Phi) is 8.39. The second-order valence-corrected chi connectivity index (χ2v) is 6.16. The topological polar surface area (TPSA) is 81.0 Å². The maximum atomic E-state index is 12.5. The van der Waals surface area contributed by atoms with Crippen LogP contribution in [0, 0.1) is 0 Å². The molecule has 28 heavy (non-hydrogen) atoms. The zero-order valence-electron chi connectivity index (χ0n) is 16.7. The minimum atomic E-state index is -0.272. The number of hydrogen-bond acceptors (Lipinski definition) is 5. The Labute approximate surface area is 165 Å². The number of rotatable bonds is 11. The molecule has 2 aromatic rings. The second kappa shape index (κ2) is 11.0. The summed E-state index contributed by atoms with van der Waals surface area (Å²) in [5.41, 5.74) is 0.974. The molecule has 0 unspecified atom stereocenters. The summed E-state index contributed by atoms with van der Waals surface area (Å²) in [6, 6.07) is 8.95. The van der Waals surface area contributed by atoms with Crippen molar-refractivity contribution in [1.82, 2.24) is 10.2 Å². The van der Waals surface area contributed by atoms with Crippen LogP contribution in [0.1, 0.15) is 42.8 Å². The Morgan fingerprint density at radius 1 is 1.18 bits per heavy atom. The van der Waals surface area contributed by atoms with Gasteiger partial charge in [0.25, 0.3) is 5.91 Å². The lowest BCUT2D eigenvalue weighted by Crippen LogP contribution is -2.31. The number of hydrogen-bond donors (Lipinski definition) is 1. The van der Waals surface area contributed by atoms with Crippen molar-refractivity contribution in [2.24, 2.45) is 0 Å². The Morgan fingerprint density at radius 2 is 2.00 bits per heavy atom. The van der Waals surface area contributed by atoms with Gasteiger partial charge in [-0.2, -0.15) is 0 Å². The van der Waals surface area contributed by atoms with E-state index in [2.05, 4.69) is 5.32 Å². The fourth-order valence-corrected chi connectivity index (χ4v) is 2.78. The van der Waals surface area contributed by atoms with Gasteiger partial charge in [-0.25, -0.2) is 0 Å². The normalized spacial score (nSPS) is 10.4. The Hall–Kier alpha value is -2.96. The van der Waals surface area contributed by atoms with Crippen LogP contribution in [0.2, 0.25) is 0 Å². The van der Waals surface area contributed by atoms with E-state index in [1.165, 1.54) is 6.26 Å². The van der Waals surface area contributed by atoms with Gasteiger partial charge in [0.05, 0.1) is 20.0 Å². The van der Waals surface area contributed by atoms with Gasteiger partial charge >= 0.3 is 0 Å². The van der Waals surface area contributed by atoms with Gasteiger partial charge in [-0.3, -0.25) is 9.59 Å². The number of furan rings is 1. The van der Waals surface area contributed by atoms with Gasteiger partial charge in [0.1, 0.15) is 0 Å². The van der Waals surface area contributed by atoms with Gasteiger partial charge in [-0.05, 0) is 50.1 Å². The third kappa shape index (κ3) is 6.04. The van der Waals surface area contributed by atoms with E-state index < -0.39 is 0 Å². The van der Waals surface area contributed by atoms with E-state index in [0.29, 0.717) is 50.6 Å². The molecule has 1 N–H and O–H groups in total. The summed E-state index contributed by atoms with van der Waals surface area (Å²) in [5.74, 6) is 1.39. The highest BCUT2D eigenvalue weighted by Crippen LogP contribution is 2.28. The number of nitrogens with zero attached hydrogens (tertiary/aromatic N) is 1. The molecular weight excluding hydrogens is 360 g/mol. The van der Waals surface area contributed by atoms with Crippen molar-refractivity contribution in [3.63, 3.8) is 0 Å². The predicted molar refractivity (Wildman–Crippen MR) is 106 cm³/mol. The summed E-state index contributed by atoms with van der Waals surface area (Å²) < 4.78 is 15.9. The third-order valence-corrected chi connectivity index (χ3v) is 4.23. The van der Waals surface area contributed by atoms with Crippen LogP contribution in [0.4, 0.5) is 0 Å². The summed E-state index contributed by atoms with van der Waals surface area (Å²) in [6.07, 6.45) is 2.38. The number of ether oxygens (including phenoxy) is 2. The monoisotopic (exact) mass is 388 g/mol. The predicted octanol–water partition coefficient (Wildman–Crippen LogP) is 3.25. The van der Waals surface area contributed by atoms with E-state index in [4.69, 9.17) is 13.9 Å². The van der Waals surface area contributed by atoms with Crippen molar-refractivity contribution in [1.29, 1.82) is 0 Å². The van der Waals surface area contributed by atoms with Crippen molar-refractivity contribution in [2.45, 2.75) is 33.2 Å². The summed E-state index contributed by atoms with van der Waals surface area (Å²) >= 11 is 0. The molecule has 0 radical (unpaired) electrons. The van der Waals surface area contributed by atoms with Crippen LogP contribution in [-0.4, -0.2) is 43.5 Å². The van der Waals surface area contributed by atoms with Crippen LogP contribution in [-0.2, 0) is 11.3 Å². The van der Waals surface area contributed by atoms with Gasteiger partial charge in [0, 0.05) is 26.1 Å². The molecule has 0 saturated carbocycles. The average Bonchev–Trinajstić information content (AvgIpc) is 3.25. The molecule has 0 aliphatic rings. The molecule has 0 saturated heterocycles. The van der Waals surface area contributed by atoms with E-state index in [1.807, 2.05) is 32.0 Å². The third-order valence-electron chi connectivity index (χ3n) is 4.23. The number of methoxy groups -OCH3 is 1. The molecule has 2 rings (SSSR count). The molecule has 7 heteroatoms. The average molecular weight is 388 g/mol. The van der Waals surface area contributed by atoms with Gasteiger partial charge < -0.3 is 24.1 Å². The molecule has 0 aliphatic heterocycles. The zero-order chi connectivity index (χ0) is 20.4.